The molecule has 0 fully saturated rings. The molecular weight excluding hydrogens is 504 g/mol. The first kappa shape index (κ1) is 24.9. The van der Waals surface area contributed by atoms with Crippen LogP contribution in [0.4, 0.5) is 0 Å². The van der Waals surface area contributed by atoms with Gasteiger partial charge in [0.15, 0.2) is 0 Å². The molecule has 3 aromatic carbocycles. The van der Waals surface area contributed by atoms with Crippen molar-refractivity contribution in [3.8, 4) is 17.6 Å². The van der Waals surface area contributed by atoms with Crippen LogP contribution in [0.5, 0.6) is 11.5 Å². The van der Waals surface area contributed by atoms with Gasteiger partial charge in [-0.3, -0.25) is 0 Å². The van der Waals surface area contributed by atoms with E-state index in [4.69, 9.17) is 26.8 Å². The summed E-state index contributed by atoms with van der Waals surface area (Å²) < 4.78 is 12.4. The van der Waals surface area contributed by atoms with Crippen LogP contribution in [0, 0.1) is 18.3 Å². The van der Waals surface area contributed by atoms with Gasteiger partial charge in [0.1, 0.15) is 28.0 Å². The molecule has 2 N–H and O–H groups in total. The number of hydrogen-bond acceptors (Lipinski definition) is 6. The first-order chi connectivity index (χ1) is 17.6. The lowest BCUT2D eigenvalue weighted by Gasteiger charge is -2.27. The number of nitrogens with zero attached hydrogens (tertiary/aromatic N) is 1. The zero-order valence-corrected chi connectivity index (χ0v) is 22.5. The summed E-state index contributed by atoms with van der Waals surface area (Å²) in [7, 11) is 0. The molecular formula is C30H25ClN2O3S. The highest BCUT2D eigenvalue weighted by atomic mass is 35.5. The molecule has 0 spiro atoms. The third kappa shape index (κ3) is 4.57. The van der Waals surface area contributed by atoms with Gasteiger partial charge in [-0.05, 0) is 41.2 Å². The molecule has 1 aliphatic rings. The molecule has 1 aliphatic heterocycles. The first-order valence-corrected chi connectivity index (χ1v) is 13.0. The number of esters is 1. The van der Waals surface area contributed by atoms with E-state index in [1.807, 2.05) is 37.3 Å². The van der Waals surface area contributed by atoms with Crippen molar-refractivity contribution < 1.29 is 14.3 Å². The van der Waals surface area contributed by atoms with E-state index in [0.29, 0.717) is 27.0 Å². The molecule has 0 saturated heterocycles. The Balaban J connectivity index is 1.48. The van der Waals surface area contributed by atoms with Gasteiger partial charge in [0.2, 0.25) is 5.88 Å². The Hall–Kier alpha value is -3.79. The van der Waals surface area contributed by atoms with Crippen LogP contribution in [0.3, 0.4) is 0 Å². The van der Waals surface area contributed by atoms with Crippen LogP contribution in [0.1, 0.15) is 58.6 Å². The summed E-state index contributed by atoms with van der Waals surface area (Å²) in [5.74, 6) is -0.178. The largest absolute Gasteiger partial charge is 0.440 e. The maximum atomic E-state index is 13.0. The Kier molecular flexibility index (Phi) is 6.23. The van der Waals surface area contributed by atoms with Gasteiger partial charge in [-0.15, -0.1) is 11.3 Å². The lowest BCUT2D eigenvalue weighted by molar-refractivity contribution is 0.0740. The van der Waals surface area contributed by atoms with Gasteiger partial charge in [-0.2, -0.15) is 5.26 Å². The summed E-state index contributed by atoms with van der Waals surface area (Å²) >= 11 is 7.79. The second-order valence-electron chi connectivity index (χ2n) is 10.1. The minimum absolute atomic E-state index is 0.00789. The van der Waals surface area contributed by atoms with E-state index in [9.17, 15) is 10.1 Å². The Labute approximate surface area is 224 Å². The van der Waals surface area contributed by atoms with Crippen molar-refractivity contribution in [3.05, 3.63) is 104 Å². The molecule has 186 valence electrons. The van der Waals surface area contributed by atoms with Gasteiger partial charge in [0.05, 0.1) is 10.9 Å². The average molecular weight is 529 g/mol. The minimum Gasteiger partial charge on any atom is -0.440 e. The highest BCUT2D eigenvalue weighted by Gasteiger charge is 2.31. The van der Waals surface area contributed by atoms with E-state index >= 15 is 0 Å². The predicted octanol–water partition coefficient (Wildman–Crippen LogP) is 7.60. The van der Waals surface area contributed by atoms with Crippen LogP contribution in [-0.2, 0) is 5.41 Å². The van der Waals surface area contributed by atoms with E-state index in [1.165, 1.54) is 16.9 Å². The SMILES string of the molecule is Cc1ccc2c(Cl)c(C(=O)Oc3ccc4c(c3)OC(N)=C(C#N)C4c3ccc(C(C)(C)C)cc3)sc2c1. The summed E-state index contributed by atoms with van der Waals surface area (Å²) in [6, 6.07) is 21.4. The topological polar surface area (TPSA) is 85.3 Å². The molecule has 4 aromatic rings. The molecule has 1 unspecified atom stereocenters. The average Bonchev–Trinajstić information content (AvgIpc) is 3.18. The molecule has 0 aliphatic carbocycles. The normalized spacial score (nSPS) is 15.2. The Morgan fingerprint density at radius 1 is 1.11 bits per heavy atom. The number of carbonyl (C=O) groups is 1. The van der Waals surface area contributed by atoms with Crippen LogP contribution in [-0.4, -0.2) is 5.97 Å². The summed E-state index contributed by atoms with van der Waals surface area (Å²) in [5.41, 5.74) is 10.5. The maximum absolute atomic E-state index is 13.0. The summed E-state index contributed by atoms with van der Waals surface area (Å²) in [6.45, 7) is 8.45. The number of allylic oxidation sites excluding steroid dienone is 1. The summed E-state index contributed by atoms with van der Waals surface area (Å²) in [5, 5.41) is 11.1. The quantitative estimate of drug-likeness (QED) is 0.218. The number of aryl methyl sites for hydroxylation is 1. The second-order valence-corrected chi connectivity index (χ2v) is 11.6. The minimum atomic E-state index is -0.546. The first-order valence-electron chi connectivity index (χ1n) is 11.8. The standard InChI is InChI=1S/C30H25ClN2O3S/c1-16-5-11-21-24(13-16)37-27(26(21)31)29(34)35-19-10-12-20-23(14-19)36-28(33)22(15-32)25(20)17-6-8-18(9-7-17)30(2,3)4/h5-14,25H,33H2,1-4H3. The summed E-state index contributed by atoms with van der Waals surface area (Å²) in [4.78, 5) is 13.3. The van der Waals surface area contributed by atoms with Crippen LogP contribution in [0.15, 0.2) is 72.1 Å². The molecule has 1 atom stereocenters. The van der Waals surface area contributed by atoms with Gasteiger partial charge >= 0.3 is 5.97 Å². The maximum Gasteiger partial charge on any atom is 0.355 e. The van der Waals surface area contributed by atoms with Gasteiger partial charge in [-0.25, -0.2) is 4.79 Å². The Bertz CT molecular complexity index is 1620. The predicted molar refractivity (Wildman–Crippen MR) is 147 cm³/mol. The third-order valence-corrected chi connectivity index (χ3v) is 8.12. The number of ether oxygens (including phenoxy) is 2. The number of thiophene rings is 1. The summed E-state index contributed by atoms with van der Waals surface area (Å²) in [6.07, 6.45) is 0. The van der Waals surface area contributed by atoms with E-state index in [2.05, 4.69) is 39.0 Å². The van der Waals surface area contributed by atoms with Crippen molar-refractivity contribution in [2.24, 2.45) is 5.73 Å². The van der Waals surface area contributed by atoms with E-state index in [-0.39, 0.29) is 11.3 Å². The number of fused-ring (bicyclic) bond motifs is 2. The van der Waals surface area contributed by atoms with Crippen LogP contribution >= 0.6 is 22.9 Å². The molecule has 0 radical (unpaired) electrons. The zero-order chi connectivity index (χ0) is 26.5. The van der Waals surface area contributed by atoms with Crippen LogP contribution in [0.25, 0.3) is 10.1 Å². The van der Waals surface area contributed by atoms with Gasteiger partial charge in [0, 0.05) is 21.7 Å². The lowest BCUT2D eigenvalue weighted by atomic mass is 9.81. The molecule has 1 aromatic heterocycles. The van der Waals surface area contributed by atoms with Crippen molar-refractivity contribution in [1.82, 2.24) is 0 Å². The van der Waals surface area contributed by atoms with Gasteiger partial charge in [-0.1, -0.05) is 74.8 Å². The monoisotopic (exact) mass is 528 g/mol. The number of halogens is 1. The number of carbonyl (C=O) groups excluding carboxylic acids is 1. The van der Waals surface area contributed by atoms with E-state index in [1.54, 1.807) is 18.2 Å². The number of nitriles is 1. The lowest BCUT2D eigenvalue weighted by Crippen LogP contribution is -2.21. The fourth-order valence-corrected chi connectivity index (χ4v) is 5.96. The fourth-order valence-electron chi connectivity index (χ4n) is 4.47. The Morgan fingerprint density at radius 3 is 2.51 bits per heavy atom. The molecule has 5 nitrogen and oxygen atoms in total. The van der Waals surface area contributed by atoms with Crippen molar-refractivity contribution in [2.45, 2.75) is 39.0 Å². The number of rotatable bonds is 3. The molecule has 0 bridgehead atoms. The smallest absolute Gasteiger partial charge is 0.355 e. The van der Waals surface area contributed by atoms with Crippen molar-refractivity contribution in [2.75, 3.05) is 0 Å². The van der Waals surface area contributed by atoms with E-state index < -0.39 is 11.9 Å². The number of nitrogens with two attached hydrogens (primary N) is 1. The molecule has 37 heavy (non-hydrogen) atoms. The van der Waals surface area contributed by atoms with Crippen molar-refractivity contribution >= 4 is 39.0 Å². The molecule has 5 rings (SSSR count). The highest BCUT2D eigenvalue weighted by Crippen LogP contribution is 2.44. The van der Waals surface area contributed by atoms with Crippen LogP contribution < -0.4 is 15.2 Å². The van der Waals surface area contributed by atoms with Crippen molar-refractivity contribution in [1.29, 1.82) is 5.26 Å². The number of hydrogen-bond donors (Lipinski definition) is 1. The zero-order valence-electron chi connectivity index (χ0n) is 20.9. The van der Waals surface area contributed by atoms with Crippen LogP contribution in [0.2, 0.25) is 5.02 Å². The van der Waals surface area contributed by atoms with Gasteiger partial charge < -0.3 is 15.2 Å². The second kappa shape index (κ2) is 9.26. The third-order valence-electron chi connectivity index (χ3n) is 6.48. The van der Waals surface area contributed by atoms with Gasteiger partial charge in [0.25, 0.3) is 0 Å². The molecule has 2 heterocycles. The van der Waals surface area contributed by atoms with E-state index in [0.717, 1.165) is 26.8 Å². The molecule has 7 heteroatoms. The Morgan fingerprint density at radius 2 is 1.84 bits per heavy atom. The molecule has 0 saturated carbocycles. The highest BCUT2D eigenvalue weighted by molar-refractivity contribution is 7.21. The fraction of sp³-hybridized carbons (Fsp3) is 0.200. The molecule has 0 amide bonds. The van der Waals surface area contributed by atoms with Crippen molar-refractivity contribution in [3.63, 3.8) is 0 Å². The number of benzene rings is 3.